The number of nitrogen functional groups attached to an aromatic ring is 1. The molecule has 0 radical (unpaired) electrons. The van der Waals surface area contributed by atoms with Crippen LogP contribution in [-0.2, 0) is 11.3 Å². The Labute approximate surface area is 89.9 Å². The number of anilines is 1. The topological polar surface area (TPSA) is 61.0 Å². The predicted molar refractivity (Wildman–Crippen MR) is 58.4 cm³/mol. The van der Waals surface area contributed by atoms with Gasteiger partial charge in [0.15, 0.2) is 5.82 Å². The van der Waals surface area contributed by atoms with Gasteiger partial charge in [-0.2, -0.15) is 0 Å². The highest BCUT2D eigenvalue weighted by molar-refractivity contribution is 5.32. The first-order chi connectivity index (χ1) is 7.29. The van der Waals surface area contributed by atoms with Gasteiger partial charge in [-0.15, -0.1) is 0 Å². The van der Waals surface area contributed by atoms with E-state index in [4.69, 9.17) is 10.5 Å². The average Bonchev–Trinajstić information content (AvgIpc) is 3.00. The molecular formula is C11H17N3O. The van der Waals surface area contributed by atoms with Gasteiger partial charge in [0.25, 0.3) is 0 Å². The first-order valence-electron chi connectivity index (χ1n) is 5.50. The van der Waals surface area contributed by atoms with Gasteiger partial charge in [-0.05, 0) is 19.3 Å². The van der Waals surface area contributed by atoms with Crippen LogP contribution in [0.15, 0.2) is 6.07 Å². The van der Waals surface area contributed by atoms with E-state index >= 15 is 0 Å². The maximum absolute atomic E-state index is 5.72. The Bertz CT molecular complexity index is 337. The highest BCUT2D eigenvalue weighted by Crippen LogP contribution is 2.39. The minimum Gasteiger partial charge on any atom is -0.384 e. The Morgan fingerprint density at radius 3 is 2.93 bits per heavy atom. The van der Waals surface area contributed by atoms with Crippen molar-refractivity contribution in [2.45, 2.75) is 38.7 Å². The molecule has 82 valence electrons. The Morgan fingerprint density at radius 1 is 1.47 bits per heavy atom. The second-order valence-electron chi connectivity index (χ2n) is 3.96. The van der Waals surface area contributed by atoms with Gasteiger partial charge in [0.05, 0.1) is 0 Å². The summed E-state index contributed by atoms with van der Waals surface area (Å²) in [6, 6.07) is 1.88. The second kappa shape index (κ2) is 4.57. The Hall–Kier alpha value is -1.16. The molecule has 0 aromatic carbocycles. The van der Waals surface area contributed by atoms with E-state index in [1.54, 1.807) is 0 Å². The summed E-state index contributed by atoms with van der Waals surface area (Å²) in [5, 5.41) is 0. The van der Waals surface area contributed by atoms with Crippen LogP contribution in [0.2, 0.25) is 0 Å². The van der Waals surface area contributed by atoms with Crippen LogP contribution in [0.5, 0.6) is 0 Å². The average molecular weight is 207 g/mol. The molecule has 0 unspecified atom stereocenters. The van der Waals surface area contributed by atoms with Crippen LogP contribution in [-0.4, -0.2) is 16.6 Å². The van der Waals surface area contributed by atoms with Gasteiger partial charge in [-0.3, -0.25) is 0 Å². The van der Waals surface area contributed by atoms with Crippen molar-refractivity contribution in [1.29, 1.82) is 0 Å². The number of nitrogens with two attached hydrogens (primary N) is 1. The fraction of sp³-hybridized carbons (Fsp3) is 0.636. The summed E-state index contributed by atoms with van der Waals surface area (Å²) in [6.07, 6.45) is 3.47. The molecule has 1 fully saturated rings. The predicted octanol–water partition coefficient (Wildman–Crippen LogP) is 1.86. The maximum Gasteiger partial charge on any atom is 0.156 e. The van der Waals surface area contributed by atoms with Gasteiger partial charge in [0, 0.05) is 24.3 Å². The van der Waals surface area contributed by atoms with Crippen LogP contribution >= 0.6 is 0 Å². The summed E-state index contributed by atoms with van der Waals surface area (Å²) in [6.45, 7) is 3.30. The molecular weight excluding hydrogens is 190 g/mol. The molecule has 1 aliphatic carbocycles. The van der Waals surface area contributed by atoms with Gasteiger partial charge in [-0.25, -0.2) is 9.97 Å². The zero-order chi connectivity index (χ0) is 10.7. The molecule has 0 spiro atoms. The quantitative estimate of drug-likeness (QED) is 0.749. The molecule has 1 aromatic heterocycles. The van der Waals surface area contributed by atoms with Crippen molar-refractivity contribution in [1.82, 2.24) is 9.97 Å². The number of hydrogen-bond acceptors (Lipinski definition) is 4. The van der Waals surface area contributed by atoms with E-state index in [2.05, 4.69) is 16.9 Å². The molecule has 0 aliphatic heterocycles. The lowest BCUT2D eigenvalue weighted by Gasteiger charge is -2.05. The smallest absolute Gasteiger partial charge is 0.156 e. The molecule has 1 heterocycles. The highest BCUT2D eigenvalue weighted by Gasteiger charge is 2.25. The van der Waals surface area contributed by atoms with Crippen molar-refractivity contribution in [2.24, 2.45) is 0 Å². The molecule has 0 amide bonds. The molecule has 4 heteroatoms. The number of rotatable bonds is 5. The Morgan fingerprint density at radius 2 is 2.27 bits per heavy atom. The Balaban J connectivity index is 2.02. The number of hydrogen-bond donors (Lipinski definition) is 1. The third kappa shape index (κ3) is 2.89. The zero-order valence-corrected chi connectivity index (χ0v) is 9.07. The fourth-order valence-electron chi connectivity index (χ4n) is 1.50. The molecule has 0 atom stereocenters. The minimum atomic E-state index is 0.471. The fourth-order valence-corrected chi connectivity index (χ4v) is 1.50. The summed E-state index contributed by atoms with van der Waals surface area (Å²) in [7, 11) is 0. The van der Waals surface area contributed by atoms with Gasteiger partial charge in [0.1, 0.15) is 12.4 Å². The minimum absolute atomic E-state index is 0.471. The summed E-state index contributed by atoms with van der Waals surface area (Å²) < 4.78 is 5.40. The lowest BCUT2D eigenvalue weighted by atomic mass is 10.3. The van der Waals surface area contributed by atoms with Gasteiger partial charge in [0.2, 0.25) is 0 Å². The van der Waals surface area contributed by atoms with E-state index in [0.717, 1.165) is 18.7 Å². The summed E-state index contributed by atoms with van der Waals surface area (Å²) in [4.78, 5) is 8.61. The van der Waals surface area contributed by atoms with Crippen LogP contribution in [0.25, 0.3) is 0 Å². The number of aromatic nitrogens is 2. The second-order valence-corrected chi connectivity index (χ2v) is 3.96. The molecule has 0 bridgehead atoms. The normalized spacial score (nSPS) is 15.5. The van der Waals surface area contributed by atoms with Crippen LogP contribution in [0.1, 0.15) is 43.6 Å². The molecule has 1 saturated carbocycles. The van der Waals surface area contributed by atoms with E-state index in [1.165, 1.54) is 12.8 Å². The van der Waals surface area contributed by atoms with Gasteiger partial charge >= 0.3 is 0 Å². The number of nitrogens with zero attached hydrogens (tertiary/aromatic N) is 2. The first-order valence-corrected chi connectivity index (χ1v) is 5.50. The standard InChI is InChI=1S/C11H17N3O/c1-2-5-15-7-11-13-9(8-3-4-8)6-10(12)14-11/h6,8H,2-5,7H2,1H3,(H2,12,13,14). The molecule has 1 aromatic rings. The van der Waals surface area contributed by atoms with Gasteiger partial charge in [-0.1, -0.05) is 6.92 Å². The SMILES string of the molecule is CCCOCc1nc(N)cc(C2CC2)n1. The highest BCUT2D eigenvalue weighted by atomic mass is 16.5. The molecule has 15 heavy (non-hydrogen) atoms. The van der Waals surface area contributed by atoms with Crippen molar-refractivity contribution in [2.75, 3.05) is 12.3 Å². The third-order valence-corrected chi connectivity index (χ3v) is 2.39. The molecule has 2 N–H and O–H groups in total. The van der Waals surface area contributed by atoms with Crippen molar-refractivity contribution in [3.05, 3.63) is 17.6 Å². The zero-order valence-electron chi connectivity index (χ0n) is 9.07. The lowest BCUT2D eigenvalue weighted by molar-refractivity contribution is 0.116. The van der Waals surface area contributed by atoms with E-state index in [0.29, 0.717) is 24.2 Å². The van der Waals surface area contributed by atoms with Crippen LogP contribution in [0.3, 0.4) is 0 Å². The lowest BCUT2D eigenvalue weighted by Crippen LogP contribution is -2.05. The van der Waals surface area contributed by atoms with Crippen molar-refractivity contribution < 1.29 is 4.74 Å². The molecule has 4 nitrogen and oxygen atoms in total. The van der Waals surface area contributed by atoms with E-state index in [1.807, 2.05) is 6.07 Å². The molecule has 2 rings (SSSR count). The van der Waals surface area contributed by atoms with Crippen molar-refractivity contribution in [3.8, 4) is 0 Å². The van der Waals surface area contributed by atoms with Gasteiger partial charge < -0.3 is 10.5 Å². The Kier molecular flexibility index (Phi) is 3.16. The van der Waals surface area contributed by atoms with Crippen LogP contribution in [0.4, 0.5) is 5.82 Å². The molecule has 1 aliphatic rings. The summed E-state index contributed by atoms with van der Waals surface area (Å²) in [5.74, 6) is 1.88. The van der Waals surface area contributed by atoms with E-state index in [9.17, 15) is 0 Å². The van der Waals surface area contributed by atoms with E-state index < -0.39 is 0 Å². The van der Waals surface area contributed by atoms with Crippen LogP contribution in [0, 0.1) is 0 Å². The van der Waals surface area contributed by atoms with Crippen molar-refractivity contribution >= 4 is 5.82 Å². The summed E-state index contributed by atoms with van der Waals surface area (Å²) in [5.41, 5.74) is 6.80. The first kappa shape index (κ1) is 10.4. The number of ether oxygens (including phenoxy) is 1. The van der Waals surface area contributed by atoms with E-state index in [-0.39, 0.29) is 0 Å². The molecule has 0 saturated heterocycles. The van der Waals surface area contributed by atoms with Crippen LogP contribution < -0.4 is 5.73 Å². The largest absolute Gasteiger partial charge is 0.384 e. The van der Waals surface area contributed by atoms with Crippen molar-refractivity contribution in [3.63, 3.8) is 0 Å². The third-order valence-electron chi connectivity index (χ3n) is 2.39. The maximum atomic E-state index is 5.72. The summed E-state index contributed by atoms with van der Waals surface area (Å²) >= 11 is 0. The monoisotopic (exact) mass is 207 g/mol.